The third-order valence-electron chi connectivity index (χ3n) is 4.99. The molecule has 0 bridgehead atoms. The van der Waals surface area contributed by atoms with Crippen LogP contribution in [0.1, 0.15) is 45.9 Å². The molecule has 18 heteroatoms. The third-order valence-corrected chi connectivity index (χ3v) is 6.73. The van der Waals surface area contributed by atoms with Gasteiger partial charge < -0.3 is 28.8 Å². The third kappa shape index (κ3) is 9.60. The van der Waals surface area contributed by atoms with Gasteiger partial charge in [0.2, 0.25) is 13.6 Å². The Kier molecular flexibility index (Phi) is 12.0. The second kappa shape index (κ2) is 14.3. The van der Waals surface area contributed by atoms with Gasteiger partial charge in [0.15, 0.2) is 0 Å². The van der Waals surface area contributed by atoms with Crippen molar-refractivity contribution in [3.63, 3.8) is 0 Å². The number of phosphoric ester groups is 1. The van der Waals surface area contributed by atoms with E-state index in [1.54, 1.807) is 27.7 Å². The molecule has 0 spiro atoms. The van der Waals surface area contributed by atoms with Crippen LogP contribution in [0.25, 0.3) is 0 Å². The average molecular weight is 603 g/mol. The number of carbonyl (C=O) groups excluding carboxylic acids is 2. The Bertz CT molecular complexity index is 1120. The Morgan fingerprint density at radius 1 is 1.13 bits per heavy atom. The van der Waals surface area contributed by atoms with Crippen LogP contribution in [0.2, 0.25) is 0 Å². The van der Waals surface area contributed by atoms with Gasteiger partial charge in [0.05, 0.1) is 30.8 Å². The van der Waals surface area contributed by atoms with E-state index < -0.39 is 87.6 Å². The quantitative estimate of drug-likeness (QED) is 0.144. The first kappa shape index (κ1) is 32.8. The number of aromatic nitrogens is 2. The summed E-state index contributed by atoms with van der Waals surface area (Å²) in [6, 6.07) is 0. The fourth-order valence-electron chi connectivity index (χ4n) is 3.09. The van der Waals surface area contributed by atoms with E-state index in [0.717, 1.165) is 4.57 Å². The van der Waals surface area contributed by atoms with Crippen LogP contribution in [0, 0.1) is 6.92 Å². The molecular formula is C21H32ClN2O14P. The van der Waals surface area contributed by atoms with Crippen LogP contribution in [-0.2, 0) is 41.8 Å². The van der Waals surface area contributed by atoms with E-state index in [9.17, 15) is 28.8 Å². The van der Waals surface area contributed by atoms with Gasteiger partial charge in [-0.1, -0.05) is 0 Å². The number of aromatic amines is 1. The minimum atomic E-state index is -4.68. The summed E-state index contributed by atoms with van der Waals surface area (Å²) in [4.78, 5) is 49.3. The summed E-state index contributed by atoms with van der Waals surface area (Å²) in [5.41, 5.74) is -2.89. The molecule has 2 heterocycles. The first-order valence-electron chi connectivity index (χ1n) is 11.6. The SMILES string of the molecule is Cc1cn([C@H]2C[C@H](O)[C@@](CCl)(COP(=O)(OCOC(=O)OC(C)C)OCOC(=O)OC(C)C)O2)c(=O)[nH]c1=O. The maximum Gasteiger partial charge on any atom is 0.510 e. The molecule has 1 aliphatic heterocycles. The maximum atomic E-state index is 13.2. The largest absolute Gasteiger partial charge is 0.510 e. The lowest BCUT2D eigenvalue weighted by Gasteiger charge is -2.31. The Morgan fingerprint density at radius 3 is 2.15 bits per heavy atom. The number of alkyl halides is 1. The minimum Gasteiger partial charge on any atom is -0.432 e. The van der Waals surface area contributed by atoms with Gasteiger partial charge in [-0.25, -0.2) is 28.0 Å². The second-order valence-corrected chi connectivity index (χ2v) is 10.8. The van der Waals surface area contributed by atoms with Crippen LogP contribution >= 0.6 is 19.4 Å². The number of aryl methyl sites for hydroxylation is 1. The average Bonchev–Trinajstić information content (AvgIpc) is 3.15. The molecule has 1 aliphatic rings. The predicted octanol–water partition coefficient (Wildman–Crippen LogP) is 2.30. The number of hydrogen-bond acceptors (Lipinski definition) is 14. The highest BCUT2D eigenvalue weighted by Gasteiger charge is 2.50. The second-order valence-electron chi connectivity index (χ2n) is 8.84. The number of H-pyrrole nitrogens is 1. The molecule has 0 saturated carbocycles. The smallest absolute Gasteiger partial charge is 0.432 e. The molecule has 1 saturated heterocycles. The molecule has 222 valence electrons. The minimum absolute atomic E-state index is 0.151. The van der Waals surface area contributed by atoms with Gasteiger partial charge >= 0.3 is 25.8 Å². The highest BCUT2D eigenvalue weighted by atomic mass is 35.5. The van der Waals surface area contributed by atoms with Crippen LogP contribution < -0.4 is 11.2 Å². The monoisotopic (exact) mass is 602 g/mol. The van der Waals surface area contributed by atoms with Crippen molar-refractivity contribution in [2.24, 2.45) is 0 Å². The van der Waals surface area contributed by atoms with Crippen LogP contribution in [0.15, 0.2) is 15.8 Å². The van der Waals surface area contributed by atoms with Crippen LogP contribution in [0.3, 0.4) is 0 Å². The standard InChI is InChI=1S/C21H32ClN2O14P/c1-12(2)36-19(28)31-10-34-39(30,35-11-32-20(29)37-13(3)4)33-9-21(8-22)15(25)6-16(38-21)24-7-14(5)17(26)23-18(24)27/h7,12-13,15-16,25H,6,8-11H2,1-5H3,(H,23,26,27)/t15-,16+,21+/m0/s1. The zero-order valence-corrected chi connectivity index (χ0v) is 23.6. The summed E-state index contributed by atoms with van der Waals surface area (Å²) in [6.45, 7) is 5.14. The van der Waals surface area contributed by atoms with Gasteiger partial charge in [-0.05, 0) is 34.6 Å². The van der Waals surface area contributed by atoms with Gasteiger partial charge in [0.25, 0.3) is 5.56 Å². The normalized spacial score (nSPS) is 21.3. The number of rotatable bonds is 13. The van der Waals surface area contributed by atoms with E-state index in [1.807, 2.05) is 0 Å². The first-order valence-corrected chi connectivity index (χ1v) is 13.6. The molecule has 0 aromatic carbocycles. The van der Waals surface area contributed by atoms with E-state index in [2.05, 4.69) is 14.5 Å². The number of nitrogens with one attached hydrogen (secondary N) is 1. The van der Waals surface area contributed by atoms with E-state index in [0.29, 0.717) is 0 Å². The Balaban J connectivity index is 2.14. The number of ether oxygens (including phenoxy) is 5. The topological polar surface area (TPSA) is 200 Å². The Hall–Kier alpha value is -2.46. The van der Waals surface area contributed by atoms with E-state index in [4.69, 9.17) is 39.4 Å². The number of aliphatic hydroxyl groups excluding tert-OH is 1. The molecular weight excluding hydrogens is 571 g/mol. The fraction of sp³-hybridized carbons (Fsp3) is 0.714. The van der Waals surface area contributed by atoms with E-state index in [1.165, 1.54) is 13.1 Å². The molecule has 2 N–H and O–H groups in total. The lowest BCUT2D eigenvalue weighted by molar-refractivity contribution is -0.118. The number of aliphatic hydroxyl groups is 1. The van der Waals surface area contributed by atoms with Crippen molar-refractivity contribution >= 4 is 31.7 Å². The summed E-state index contributed by atoms with van der Waals surface area (Å²) >= 11 is 6.07. The van der Waals surface area contributed by atoms with Crippen molar-refractivity contribution in [1.82, 2.24) is 9.55 Å². The molecule has 1 aromatic heterocycles. The van der Waals surface area contributed by atoms with Crippen molar-refractivity contribution in [2.75, 3.05) is 26.1 Å². The molecule has 0 radical (unpaired) electrons. The van der Waals surface area contributed by atoms with Gasteiger partial charge in [-0.2, -0.15) is 0 Å². The van der Waals surface area contributed by atoms with Gasteiger partial charge in [0, 0.05) is 18.2 Å². The zero-order chi connectivity index (χ0) is 29.4. The highest BCUT2D eigenvalue weighted by molar-refractivity contribution is 7.48. The number of nitrogens with zero attached hydrogens (tertiary/aromatic N) is 1. The van der Waals surface area contributed by atoms with Crippen molar-refractivity contribution in [2.45, 2.75) is 71.2 Å². The predicted molar refractivity (Wildman–Crippen MR) is 131 cm³/mol. The summed E-state index contributed by atoms with van der Waals surface area (Å²) in [5, 5.41) is 10.7. The highest BCUT2D eigenvalue weighted by Crippen LogP contribution is 2.51. The molecule has 2 rings (SSSR count). The summed E-state index contributed by atoms with van der Waals surface area (Å²) in [6.07, 6.45) is -4.60. The van der Waals surface area contributed by atoms with Crippen molar-refractivity contribution < 1.29 is 56.5 Å². The van der Waals surface area contributed by atoms with Crippen LogP contribution in [0.4, 0.5) is 9.59 Å². The number of hydrogen-bond donors (Lipinski definition) is 2. The number of carbonyl (C=O) groups is 2. The summed E-state index contributed by atoms with van der Waals surface area (Å²) in [5.74, 6) is -0.407. The molecule has 39 heavy (non-hydrogen) atoms. The number of phosphoric acid groups is 1. The zero-order valence-electron chi connectivity index (χ0n) is 21.9. The maximum absolute atomic E-state index is 13.2. The molecule has 16 nitrogen and oxygen atoms in total. The molecule has 1 aromatic rings. The van der Waals surface area contributed by atoms with E-state index in [-0.39, 0.29) is 12.0 Å². The Labute approximate surface area is 227 Å². The van der Waals surface area contributed by atoms with Crippen LogP contribution in [-0.4, -0.2) is 77.0 Å². The van der Waals surface area contributed by atoms with Crippen LogP contribution in [0.5, 0.6) is 0 Å². The van der Waals surface area contributed by atoms with Crippen molar-refractivity contribution in [3.8, 4) is 0 Å². The summed E-state index contributed by atoms with van der Waals surface area (Å²) in [7, 11) is -4.68. The molecule has 1 fully saturated rings. The van der Waals surface area contributed by atoms with Gasteiger partial charge in [-0.15, -0.1) is 11.6 Å². The molecule has 0 unspecified atom stereocenters. The first-order chi connectivity index (χ1) is 18.2. The van der Waals surface area contributed by atoms with Crippen molar-refractivity contribution in [1.29, 1.82) is 0 Å². The molecule has 3 atom stereocenters. The lowest BCUT2D eigenvalue weighted by Crippen LogP contribution is -2.46. The van der Waals surface area contributed by atoms with Gasteiger partial charge in [-0.3, -0.25) is 18.9 Å². The molecule has 0 amide bonds. The lowest BCUT2D eigenvalue weighted by atomic mass is 10.0. The van der Waals surface area contributed by atoms with Gasteiger partial charge in [0.1, 0.15) is 11.8 Å². The van der Waals surface area contributed by atoms with E-state index >= 15 is 0 Å². The summed E-state index contributed by atoms with van der Waals surface area (Å²) < 4.78 is 54.2. The number of halogens is 1. The van der Waals surface area contributed by atoms with Crippen molar-refractivity contribution in [3.05, 3.63) is 32.6 Å². The Morgan fingerprint density at radius 2 is 1.67 bits per heavy atom. The fourth-order valence-corrected chi connectivity index (χ4v) is 4.38. The molecule has 0 aliphatic carbocycles.